The normalized spacial score (nSPS) is 10.7. The van der Waals surface area contributed by atoms with E-state index in [2.05, 4.69) is 5.32 Å². The van der Waals surface area contributed by atoms with Crippen LogP contribution < -0.4 is 5.32 Å². The van der Waals surface area contributed by atoms with Crippen molar-refractivity contribution in [1.29, 1.82) is 0 Å². The Labute approximate surface area is 188 Å². The third-order valence-corrected chi connectivity index (χ3v) is 5.69. The zero-order valence-electron chi connectivity index (χ0n) is 18.2. The van der Waals surface area contributed by atoms with Gasteiger partial charge in [-0.2, -0.15) is 0 Å². The van der Waals surface area contributed by atoms with Gasteiger partial charge in [-0.25, -0.2) is 0 Å². The fourth-order valence-electron chi connectivity index (χ4n) is 3.79. The Morgan fingerprint density at radius 1 is 0.625 bits per heavy atom. The van der Waals surface area contributed by atoms with Gasteiger partial charge < -0.3 is 5.32 Å². The van der Waals surface area contributed by atoms with Crippen molar-refractivity contribution in [2.75, 3.05) is 5.32 Å². The smallest absolute Gasteiger partial charge is 0.236 e. The standard InChI is InChI=1S/C29H25NO2/c1-20-16-17-25(18-21(20)2)28(31)24-14-9-15-26(19-24)30-29(32)27(22-10-5-3-6-11-22)23-12-7-4-8-13-23/h3-19,27H,1-2H3,(H,30,32). The lowest BCUT2D eigenvalue weighted by atomic mass is 9.90. The molecule has 4 rings (SSSR count). The largest absolute Gasteiger partial charge is 0.325 e. The molecule has 3 nitrogen and oxygen atoms in total. The molecule has 0 aliphatic rings. The van der Waals surface area contributed by atoms with Crippen molar-refractivity contribution in [3.05, 3.63) is 137 Å². The summed E-state index contributed by atoms with van der Waals surface area (Å²) in [6.07, 6.45) is 0. The molecular weight excluding hydrogens is 394 g/mol. The number of ketones is 1. The van der Waals surface area contributed by atoms with E-state index < -0.39 is 5.92 Å². The number of hydrogen-bond acceptors (Lipinski definition) is 2. The van der Waals surface area contributed by atoms with Gasteiger partial charge >= 0.3 is 0 Å². The van der Waals surface area contributed by atoms with Gasteiger partial charge in [-0.05, 0) is 54.3 Å². The van der Waals surface area contributed by atoms with Crippen molar-refractivity contribution >= 4 is 17.4 Å². The maximum Gasteiger partial charge on any atom is 0.236 e. The van der Waals surface area contributed by atoms with E-state index >= 15 is 0 Å². The van der Waals surface area contributed by atoms with Crippen LogP contribution in [0.1, 0.15) is 44.1 Å². The lowest BCUT2D eigenvalue weighted by Gasteiger charge is -2.18. The summed E-state index contributed by atoms with van der Waals surface area (Å²) in [4.78, 5) is 26.4. The molecule has 0 aromatic heterocycles. The second-order valence-corrected chi connectivity index (χ2v) is 7.95. The summed E-state index contributed by atoms with van der Waals surface area (Å²) < 4.78 is 0. The predicted octanol–water partition coefficient (Wildman–Crippen LogP) is 6.31. The highest BCUT2D eigenvalue weighted by Gasteiger charge is 2.23. The highest BCUT2D eigenvalue weighted by atomic mass is 16.2. The number of benzene rings is 4. The molecule has 1 amide bonds. The summed E-state index contributed by atoms with van der Waals surface area (Å²) in [5.41, 5.74) is 5.84. The summed E-state index contributed by atoms with van der Waals surface area (Å²) in [6.45, 7) is 4.02. The molecule has 158 valence electrons. The van der Waals surface area contributed by atoms with E-state index in [-0.39, 0.29) is 11.7 Å². The molecule has 0 aliphatic heterocycles. The van der Waals surface area contributed by atoms with Crippen LogP contribution in [0.15, 0.2) is 103 Å². The van der Waals surface area contributed by atoms with Crippen LogP contribution in [0.2, 0.25) is 0 Å². The number of carbonyl (C=O) groups excluding carboxylic acids is 2. The number of aryl methyl sites for hydroxylation is 2. The number of nitrogens with one attached hydrogen (secondary N) is 1. The second-order valence-electron chi connectivity index (χ2n) is 7.95. The summed E-state index contributed by atoms with van der Waals surface area (Å²) in [6, 6.07) is 32.2. The molecule has 0 radical (unpaired) electrons. The third-order valence-electron chi connectivity index (χ3n) is 5.69. The van der Waals surface area contributed by atoms with Gasteiger partial charge in [-0.15, -0.1) is 0 Å². The van der Waals surface area contributed by atoms with Crippen molar-refractivity contribution in [3.63, 3.8) is 0 Å². The first-order chi connectivity index (χ1) is 15.5. The minimum absolute atomic E-state index is 0.0631. The van der Waals surface area contributed by atoms with E-state index in [0.717, 1.165) is 22.3 Å². The molecule has 0 unspecified atom stereocenters. The lowest BCUT2D eigenvalue weighted by Crippen LogP contribution is -2.22. The predicted molar refractivity (Wildman–Crippen MR) is 129 cm³/mol. The first-order valence-corrected chi connectivity index (χ1v) is 10.7. The maximum absolute atomic E-state index is 13.4. The van der Waals surface area contributed by atoms with Crippen molar-refractivity contribution < 1.29 is 9.59 Å². The van der Waals surface area contributed by atoms with Gasteiger partial charge in [0.05, 0.1) is 5.92 Å². The van der Waals surface area contributed by atoms with E-state index in [9.17, 15) is 9.59 Å². The Kier molecular flexibility index (Phi) is 6.27. The molecule has 0 bridgehead atoms. The van der Waals surface area contributed by atoms with Crippen LogP contribution in [0.3, 0.4) is 0 Å². The highest BCUT2D eigenvalue weighted by Crippen LogP contribution is 2.27. The quantitative estimate of drug-likeness (QED) is 0.373. The van der Waals surface area contributed by atoms with Crippen LogP contribution in [0.4, 0.5) is 5.69 Å². The van der Waals surface area contributed by atoms with Crippen LogP contribution in [0.25, 0.3) is 0 Å². The van der Waals surface area contributed by atoms with Gasteiger partial charge in [0.25, 0.3) is 0 Å². The Bertz CT molecular complexity index is 1210. The van der Waals surface area contributed by atoms with Crippen molar-refractivity contribution in [1.82, 2.24) is 0 Å². The van der Waals surface area contributed by atoms with E-state index in [1.54, 1.807) is 18.2 Å². The highest BCUT2D eigenvalue weighted by molar-refractivity contribution is 6.10. The Morgan fingerprint density at radius 3 is 1.81 bits per heavy atom. The fourth-order valence-corrected chi connectivity index (χ4v) is 3.79. The van der Waals surface area contributed by atoms with Gasteiger partial charge in [0, 0.05) is 16.8 Å². The van der Waals surface area contributed by atoms with Gasteiger partial charge in [-0.1, -0.05) is 84.9 Å². The van der Waals surface area contributed by atoms with Gasteiger partial charge in [0.2, 0.25) is 5.91 Å². The monoisotopic (exact) mass is 419 g/mol. The zero-order valence-corrected chi connectivity index (χ0v) is 18.2. The van der Waals surface area contributed by atoms with Gasteiger partial charge in [0.1, 0.15) is 0 Å². The van der Waals surface area contributed by atoms with E-state index in [1.807, 2.05) is 98.8 Å². The Morgan fingerprint density at radius 2 is 1.22 bits per heavy atom. The molecule has 0 fully saturated rings. The SMILES string of the molecule is Cc1ccc(C(=O)c2cccc(NC(=O)C(c3ccccc3)c3ccccc3)c2)cc1C. The van der Waals surface area contributed by atoms with Gasteiger partial charge in [0.15, 0.2) is 5.78 Å². The third kappa shape index (κ3) is 4.68. The summed E-state index contributed by atoms with van der Waals surface area (Å²) in [7, 11) is 0. The number of anilines is 1. The van der Waals surface area contributed by atoms with Crippen molar-refractivity contribution in [2.24, 2.45) is 0 Å². The van der Waals surface area contributed by atoms with Crippen LogP contribution >= 0.6 is 0 Å². The van der Waals surface area contributed by atoms with E-state index in [0.29, 0.717) is 16.8 Å². The molecular formula is C29H25NO2. The molecule has 0 spiro atoms. The molecule has 0 saturated heterocycles. The van der Waals surface area contributed by atoms with Crippen molar-refractivity contribution in [2.45, 2.75) is 19.8 Å². The first-order valence-electron chi connectivity index (χ1n) is 10.7. The molecule has 3 heteroatoms. The van der Waals surface area contributed by atoms with Crippen LogP contribution in [-0.2, 0) is 4.79 Å². The van der Waals surface area contributed by atoms with Crippen LogP contribution in [0, 0.1) is 13.8 Å². The average molecular weight is 420 g/mol. The lowest BCUT2D eigenvalue weighted by molar-refractivity contribution is -0.116. The molecule has 4 aromatic carbocycles. The Balaban J connectivity index is 1.61. The second kappa shape index (κ2) is 9.44. The van der Waals surface area contributed by atoms with E-state index in [4.69, 9.17) is 0 Å². The fraction of sp³-hybridized carbons (Fsp3) is 0.103. The number of carbonyl (C=O) groups is 2. The Hall–Kier alpha value is -3.98. The van der Waals surface area contributed by atoms with Gasteiger partial charge in [-0.3, -0.25) is 9.59 Å². The number of rotatable bonds is 6. The first kappa shape index (κ1) is 21.3. The minimum Gasteiger partial charge on any atom is -0.325 e. The minimum atomic E-state index is -0.448. The summed E-state index contributed by atoms with van der Waals surface area (Å²) in [5, 5.41) is 3.02. The molecule has 0 heterocycles. The summed E-state index contributed by atoms with van der Waals surface area (Å²) >= 11 is 0. The number of amides is 1. The molecule has 0 saturated carbocycles. The average Bonchev–Trinajstić information content (AvgIpc) is 2.82. The zero-order chi connectivity index (χ0) is 22.5. The number of hydrogen-bond donors (Lipinski definition) is 1. The topological polar surface area (TPSA) is 46.2 Å². The molecule has 1 N–H and O–H groups in total. The molecule has 32 heavy (non-hydrogen) atoms. The maximum atomic E-state index is 13.4. The molecule has 0 atom stereocenters. The van der Waals surface area contributed by atoms with Crippen LogP contribution in [-0.4, -0.2) is 11.7 Å². The van der Waals surface area contributed by atoms with Crippen LogP contribution in [0.5, 0.6) is 0 Å². The van der Waals surface area contributed by atoms with Crippen molar-refractivity contribution in [3.8, 4) is 0 Å². The molecule has 0 aliphatic carbocycles. The molecule has 4 aromatic rings. The van der Waals surface area contributed by atoms with E-state index in [1.165, 1.54) is 0 Å². The summed E-state index contributed by atoms with van der Waals surface area (Å²) in [5.74, 6) is -0.651.